The number of carbonyl (C=O) groups is 2. The third kappa shape index (κ3) is 1.85. The van der Waals surface area contributed by atoms with Gasteiger partial charge in [-0.1, -0.05) is 0 Å². The lowest BCUT2D eigenvalue weighted by molar-refractivity contribution is -0.112. The van der Waals surface area contributed by atoms with Gasteiger partial charge in [0.25, 0.3) is 0 Å². The third-order valence-corrected chi connectivity index (χ3v) is 1.48. The molecule has 1 N–H and O–H groups in total. The van der Waals surface area contributed by atoms with Gasteiger partial charge in [-0.15, -0.1) is 0 Å². The van der Waals surface area contributed by atoms with E-state index in [4.69, 9.17) is 0 Å². The van der Waals surface area contributed by atoms with Crippen LogP contribution in [0.25, 0.3) is 0 Å². The van der Waals surface area contributed by atoms with E-state index in [1.807, 2.05) is 0 Å². The maximum Gasteiger partial charge on any atom is 0.178 e. The van der Waals surface area contributed by atoms with E-state index in [9.17, 15) is 14.7 Å². The van der Waals surface area contributed by atoms with E-state index in [0.717, 1.165) is 0 Å². The number of allylic oxidation sites excluding steroid dienone is 2. The molecule has 0 aromatic heterocycles. The van der Waals surface area contributed by atoms with Gasteiger partial charge in [0, 0.05) is 6.42 Å². The van der Waals surface area contributed by atoms with Crippen LogP contribution >= 0.6 is 0 Å². The Bertz CT molecular complexity index is 222. The minimum absolute atomic E-state index is 0.00667. The highest BCUT2D eigenvalue weighted by atomic mass is 16.3. The van der Waals surface area contributed by atoms with Crippen molar-refractivity contribution >= 4 is 12.1 Å². The van der Waals surface area contributed by atoms with E-state index in [1.165, 1.54) is 24.3 Å². The monoisotopic (exact) mass is 152 g/mol. The van der Waals surface area contributed by atoms with E-state index < -0.39 is 5.60 Å². The highest BCUT2D eigenvalue weighted by Gasteiger charge is 2.21. The van der Waals surface area contributed by atoms with Crippen LogP contribution in [0, 0.1) is 0 Å². The smallest absolute Gasteiger partial charge is 0.178 e. The van der Waals surface area contributed by atoms with Gasteiger partial charge in [-0.05, 0) is 24.3 Å². The number of aliphatic hydroxyl groups is 1. The maximum absolute atomic E-state index is 10.6. The van der Waals surface area contributed by atoms with Crippen molar-refractivity contribution in [2.75, 3.05) is 0 Å². The van der Waals surface area contributed by atoms with Crippen LogP contribution in [0.4, 0.5) is 0 Å². The summed E-state index contributed by atoms with van der Waals surface area (Å²) in [6, 6.07) is 0. The Kier molecular flexibility index (Phi) is 2.01. The second kappa shape index (κ2) is 2.80. The van der Waals surface area contributed by atoms with E-state index in [0.29, 0.717) is 6.29 Å². The lowest BCUT2D eigenvalue weighted by Crippen LogP contribution is -2.25. The van der Waals surface area contributed by atoms with Crippen LogP contribution in [0.2, 0.25) is 0 Å². The Morgan fingerprint density at radius 3 is 2.45 bits per heavy atom. The number of hydrogen-bond donors (Lipinski definition) is 1. The predicted molar refractivity (Wildman–Crippen MR) is 38.9 cm³/mol. The highest BCUT2D eigenvalue weighted by Crippen LogP contribution is 2.16. The fraction of sp³-hybridized carbons (Fsp3) is 0.250. The Labute approximate surface area is 64.0 Å². The molecule has 11 heavy (non-hydrogen) atoms. The van der Waals surface area contributed by atoms with E-state index >= 15 is 0 Å². The van der Waals surface area contributed by atoms with Crippen molar-refractivity contribution in [3.63, 3.8) is 0 Å². The molecular weight excluding hydrogens is 144 g/mol. The third-order valence-electron chi connectivity index (χ3n) is 1.48. The summed E-state index contributed by atoms with van der Waals surface area (Å²) in [4.78, 5) is 20.6. The quantitative estimate of drug-likeness (QED) is 0.567. The van der Waals surface area contributed by atoms with E-state index in [1.54, 1.807) is 0 Å². The van der Waals surface area contributed by atoms with Crippen LogP contribution in [-0.2, 0) is 9.59 Å². The summed E-state index contributed by atoms with van der Waals surface area (Å²) in [6.07, 6.45) is 5.76. The van der Waals surface area contributed by atoms with Crippen molar-refractivity contribution in [3.05, 3.63) is 24.3 Å². The minimum Gasteiger partial charge on any atom is -0.381 e. The highest BCUT2D eigenvalue weighted by molar-refractivity contribution is 6.00. The topological polar surface area (TPSA) is 54.4 Å². The molecule has 0 atom stereocenters. The summed E-state index contributed by atoms with van der Waals surface area (Å²) in [6.45, 7) is 0. The first kappa shape index (κ1) is 7.88. The lowest BCUT2D eigenvalue weighted by Gasteiger charge is -2.18. The second-order valence-electron chi connectivity index (χ2n) is 2.43. The second-order valence-corrected chi connectivity index (χ2v) is 2.43. The summed E-state index contributed by atoms with van der Waals surface area (Å²) in [7, 11) is 0. The first-order valence-electron chi connectivity index (χ1n) is 3.25. The van der Waals surface area contributed by atoms with Crippen LogP contribution in [0.15, 0.2) is 24.3 Å². The molecule has 0 spiro atoms. The molecule has 0 aromatic carbocycles. The Morgan fingerprint density at radius 2 is 2.00 bits per heavy atom. The first-order chi connectivity index (χ1) is 5.16. The standard InChI is InChI=1S/C8H8O3/c9-6-5-8(11)3-1-7(10)2-4-8/h1-4,6,11H,5H2. The predicted octanol–water partition coefficient (Wildman–Crippen LogP) is 0.00160. The van der Waals surface area contributed by atoms with Crippen molar-refractivity contribution in [1.29, 1.82) is 0 Å². The molecule has 0 fully saturated rings. The number of ketones is 1. The lowest BCUT2D eigenvalue weighted by atomic mass is 9.95. The fourth-order valence-electron chi connectivity index (χ4n) is 0.834. The largest absolute Gasteiger partial charge is 0.381 e. The maximum atomic E-state index is 10.6. The zero-order valence-electron chi connectivity index (χ0n) is 5.86. The molecule has 3 nitrogen and oxygen atoms in total. The number of hydrogen-bond acceptors (Lipinski definition) is 3. The van der Waals surface area contributed by atoms with E-state index in [-0.39, 0.29) is 12.2 Å². The van der Waals surface area contributed by atoms with Gasteiger partial charge < -0.3 is 9.90 Å². The van der Waals surface area contributed by atoms with E-state index in [2.05, 4.69) is 0 Å². The molecular formula is C8H8O3. The normalized spacial score (nSPS) is 20.3. The summed E-state index contributed by atoms with van der Waals surface area (Å²) in [5, 5.41) is 9.43. The SMILES string of the molecule is O=CCC1(O)C=CC(=O)C=C1. The zero-order valence-corrected chi connectivity index (χ0v) is 5.86. The molecule has 0 saturated heterocycles. The van der Waals surface area contributed by atoms with Crippen LogP contribution in [-0.4, -0.2) is 22.8 Å². The summed E-state index contributed by atoms with van der Waals surface area (Å²) in [5.74, 6) is -0.166. The molecule has 58 valence electrons. The average molecular weight is 152 g/mol. The number of carbonyl (C=O) groups excluding carboxylic acids is 2. The zero-order chi connectivity index (χ0) is 8.32. The molecule has 0 bridgehead atoms. The minimum atomic E-state index is -1.24. The van der Waals surface area contributed by atoms with Gasteiger partial charge in [0.2, 0.25) is 0 Å². The van der Waals surface area contributed by atoms with Crippen LogP contribution < -0.4 is 0 Å². The molecule has 1 aliphatic carbocycles. The molecule has 0 unspecified atom stereocenters. The fourth-order valence-corrected chi connectivity index (χ4v) is 0.834. The van der Waals surface area contributed by atoms with Gasteiger partial charge >= 0.3 is 0 Å². The van der Waals surface area contributed by atoms with Crippen molar-refractivity contribution in [2.45, 2.75) is 12.0 Å². The van der Waals surface area contributed by atoms with Crippen molar-refractivity contribution in [3.8, 4) is 0 Å². The van der Waals surface area contributed by atoms with Crippen molar-refractivity contribution in [1.82, 2.24) is 0 Å². The van der Waals surface area contributed by atoms with Gasteiger partial charge in [0.15, 0.2) is 5.78 Å². The summed E-state index contributed by atoms with van der Waals surface area (Å²) >= 11 is 0. The molecule has 1 rings (SSSR count). The van der Waals surface area contributed by atoms with Gasteiger partial charge in [-0.2, -0.15) is 0 Å². The molecule has 0 heterocycles. The molecule has 3 heteroatoms. The summed E-state index contributed by atoms with van der Waals surface area (Å²) in [5.41, 5.74) is -1.24. The molecule has 0 radical (unpaired) electrons. The Balaban J connectivity index is 2.75. The molecule has 0 saturated carbocycles. The molecule has 0 amide bonds. The van der Waals surface area contributed by atoms with Crippen molar-refractivity contribution in [2.24, 2.45) is 0 Å². The average Bonchev–Trinajstić information content (AvgIpc) is 1.97. The van der Waals surface area contributed by atoms with Gasteiger partial charge in [0.05, 0.1) is 0 Å². The van der Waals surface area contributed by atoms with Gasteiger partial charge in [0.1, 0.15) is 11.9 Å². The Hall–Kier alpha value is -1.22. The summed E-state index contributed by atoms with van der Waals surface area (Å²) < 4.78 is 0. The van der Waals surface area contributed by atoms with Gasteiger partial charge in [-0.3, -0.25) is 4.79 Å². The van der Waals surface area contributed by atoms with Crippen LogP contribution in [0.3, 0.4) is 0 Å². The van der Waals surface area contributed by atoms with Crippen molar-refractivity contribution < 1.29 is 14.7 Å². The first-order valence-corrected chi connectivity index (χ1v) is 3.25. The molecule has 1 aliphatic rings. The molecule has 0 aliphatic heterocycles. The van der Waals surface area contributed by atoms with Crippen LogP contribution in [0.1, 0.15) is 6.42 Å². The van der Waals surface area contributed by atoms with Gasteiger partial charge in [-0.25, -0.2) is 0 Å². The Morgan fingerprint density at radius 1 is 1.45 bits per heavy atom. The molecule has 0 aromatic rings. The van der Waals surface area contributed by atoms with Crippen LogP contribution in [0.5, 0.6) is 0 Å². The number of rotatable bonds is 2. The number of aldehydes is 1.